The van der Waals surface area contributed by atoms with E-state index >= 15 is 0 Å². The molecule has 2 N–H and O–H groups in total. The van der Waals surface area contributed by atoms with Gasteiger partial charge in [-0.1, -0.05) is 53.7 Å². The molecule has 0 aliphatic carbocycles. The van der Waals surface area contributed by atoms with Crippen molar-refractivity contribution in [2.45, 2.75) is 32.1 Å². The monoisotopic (exact) mass is 469 g/mol. The van der Waals surface area contributed by atoms with Gasteiger partial charge >= 0.3 is 0 Å². The SMILES string of the molecule is C=CCn1c(CNC(=O)c2ccccc2Cl)nnc1SCC(=O)Nc1cc(C)ccc1C. The number of halogens is 1. The minimum atomic E-state index is -0.300. The highest BCUT2D eigenvalue weighted by molar-refractivity contribution is 7.99. The summed E-state index contributed by atoms with van der Waals surface area (Å²) in [6, 6.07) is 12.7. The molecular weight excluding hydrogens is 446 g/mol. The topological polar surface area (TPSA) is 88.9 Å². The minimum Gasteiger partial charge on any atom is -0.345 e. The highest BCUT2D eigenvalue weighted by Crippen LogP contribution is 2.20. The van der Waals surface area contributed by atoms with Crippen LogP contribution in [0.2, 0.25) is 5.02 Å². The van der Waals surface area contributed by atoms with Gasteiger partial charge in [-0.2, -0.15) is 0 Å². The number of aryl methyl sites for hydroxylation is 2. The third-order valence-corrected chi connectivity index (χ3v) is 5.93. The van der Waals surface area contributed by atoms with E-state index in [0.29, 0.717) is 28.1 Å². The normalized spacial score (nSPS) is 10.6. The molecule has 0 radical (unpaired) electrons. The molecule has 0 saturated carbocycles. The summed E-state index contributed by atoms with van der Waals surface area (Å²) < 4.78 is 1.82. The molecule has 2 aromatic carbocycles. The van der Waals surface area contributed by atoms with Crippen LogP contribution >= 0.6 is 23.4 Å². The number of nitrogens with one attached hydrogen (secondary N) is 2. The van der Waals surface area contributed by atoms with Crippen molar-refractivity contribution in [1.82, 2.24) is 20.1 Å². The molecule has 166 valence electrons. The van der Waals surface area contributed by atoms with E-state index < -0.39 is 0 Å². The number of rotatable bonds is 9. The molecule has 32 heavy (non-hydrogen) atoms. The van der Waals surface area contributed by atoms with Gasteiger partial charge < -0.3 is 15.2 Å². The van der Waals surface area contributed by atoms with Gasteiger partial charge in [-0.15, -0.1) is 16.8 Å². The summed E-state index contributed by atoms with van der Waals surface area (Å²) in [6.07, 6.45) is 1.71. The fourth-order valence-corrected chi connectivity index (χ4v) is 3.94. The van der Waals surface area contributed by atoms with Gasteiger partial charge in [0.05, 0.1) is 22.9 Å². The number of amides is 2. The van der Waals surface area contributed by atoms with Crippen molar-refractivity contribution in [3.8, 4) is 0 Å². The molecule has 9 heteroatoms. The maximum absolute atomic E-state index is 12.5. The number of hydrogen-bond acceptors (Lipinski definition) is 5. The lowest BCUT2D eigenvalue weighted by Crippen LogP contribution is -2.25. The minimum absolute atomic E-state index is 0.134. The first kappa shape index (κ1) is 23.6. The first-order valence-corrected chi connectivity index (χ1v) is 11.3. The second kappa shape index (κ2) is 11.0. The molecule has 1 aromatic heterocycles. The van der Waals surface area contributed by atoms with Gasteiger partial charge in [0.25, 0.3) is 5.91 Å². The van der Waals surface area contributed by atoms with E-state index in [4.69, 9.17) is 11.6 Å². The fourth-order valence-electron chi connectivity index (χ4n) is 2.96. The van der Waals surface area contributed by atoms with E-state index in [1.165, 1.54) is 11.8 Å². The molecule has 1 heterocycles. The third-order valence-electron chi connectivity index (χ3n) is 4.63. The van der Waals surface area contributed by atoms with Crippen LogP contribution in [-0.2, 0) is 17.9 Å². The number of carbonyl (C=O) groups excluding carboxylic acids is 2. The maximum Gasteiger partial charge on any atom is 0.253 e. The molecule has 0 atom stereocenters. The predicted octanol–water partition coefficient (Wildman–Crippen LogP) is 4.40. The van der Waals surface area contributed by atoms with Gasteiger partial charge in [0, 0.05) is 12.2 Å². The van der Waals surface area contributed by atoms with Crippen molar-refractivity contribution in [2.75, 3.05) is 11.1 Å². The maximum atomic E-state index is 12.5. The molecule has 7 nitrogen and oxygen atoms in total. The highest BCUT2D eigenvalue weighted by Gasteiger charge is 2.16. The van der Waals surface area contributed by atoms with Crippen molar-refractivity contribution in [2.24, 2.45) is 0 Å². The Labute approximate surface area is 196 Å². The summed E-state index contributed by atoms with van der Waals surface area (Å²) in [5.41, 5.74) is 3.26. The fraction of sp³-hybridized carbons (Fsp3) is 0.217. The second-order valence-electron chi connectivity index (χ2n) is 7.12. The highest BCUT2D eigenvalue weighted by atomic mass is 35.5. The zero-order valence-corrected chi connectivity index (χ0v) is 19.5. The lowest BCUT2D eigenvalue weighted by atomic mass is 10.1. The first-order chi connectivity index (χ1) is 15.4. The van der Waals surface area contributed by atoms with Gasteiger partial charge in [-0.25, -0.2) is 0 Å². The molecule has 3 rings (SSSR count). The summed E-state index contributed by atoms with van der Waals surface area (Å²) >= 11 is 7.36. The Bertz CT molecular complexity index is 1150. The molecule has 2 amide bonds. The van der Waals surface area contributed by atoms with E-state index in [1.807, 2.05) is 36.6 Å². The average molecular weight is 470 g/mol. The van der Waals surface area contributed by atoms with E-state index in [0.717, 1.165) is 16.8 Å². The van der Waals surface area contributed by atoms with Crippen LogP contribution in [0.1, 0.15) is 27.3 Å². The lowest BCUT2D eigenvalue weighted by molar-refractivity contribution is -0.113. The third kappa shape index (κ3) is 5.99. The van der Waals surface area contributed by atoms with E-state index in [1.54, 1.807) is 30.3 Å². The molecule has 0 spiro atoms. The largest absolute Gasteiger partial charge is 0.345 e. The number of allylic oxidation sites excluding steroid dienone is 1. The van der Waals surface area contributed by atoms with Crippen LogP contribution in [0.25, 0.3) is 0 Å². The van der Waals surface area contributed by atoms with Crippen molar-refractivity contribution < 1.29 is 9.59 Å². The molecule has 0 bridgehead atoms. The Morgan fingerprint density at radius 3 is 2.72 bits per heavy atom. The van der Waals surface area contributed by atoms with Crippen LogP contribution in [0.3, 0.4) is 0 Å². The first-order valence-electron chi connectivity index (χ1n) is 9.94. The Kier molecular flexibility index (Phi) is 8.08. The Morgan fingerprint density at radius 1 is 1.19 bits per heavy atom. The van der Waals surface area contributed by atoms with Gasteiger partial charge in [-0.3, -0.25) is 9.59 Å². The summed E-state index contributed by atoms with van der Waals surface area (Å²) in [4.78, 5) is 24.9. The average Bonchev–Trinajstić information content (AvgIpc) is 3.15. The summed E-state index contributed by atoms with van der Waals surface area (Å²) in [5, 5.41) is 15.1. The zero-order valence-electron chi connectivity index (χ0n) is 17.9. The number of thioether (sulfide) groups is 1. The Balaban J connectivity index is 1.63. The van der Waals surface area contributed by atoms with Crippen molar-refractivity contribution in [1.29, 1.82) is 0 Å². The van der Waals surface area contributed by atoms with Crippen LogP contribution < -0.4 is 10.6 Å². The van der Waals surface area contributed by atoms with Crippen molar-refractivity contribution in [3.05, 3.63) is 82.7 Å². The van der Waals surface area contributed by atoms with E-state index in [-0.39, 0.29) is 24.1 Å². The van der Waals surface area contributed by atoms with Crippen molar-refractivity contribution in [3.63, 3.8) is 0 Å². The molecule has 3 aromatic rings. The summed E-state index contributed by atoms with van der Waals surface area (Å²) in [5.74, 6) is 0.299. The number of anilines is 1. The molecule has 0 aliphatic rings. The molecule has 0 aliphatic heterocycles. The summed E-state index contributed by atoms with van der Waals surface area (Å²) in [6.45, 7) is 8.32. The number of nitrogens with zero attached hydrogens (tertiary/aromatic N) is 3. The van der Waals surface area contributed by atoms with Crippen LogP contribution in [0, 0.1) is 13.8 Å². The predicted molar refractivity (Wildman–Crippen MR) is 128 cm³/mol. The van der Waals surface area contributed by atoms with Crippen molar-refractivity contribution >= 4 is 40.9 Å². The quantitative estimate of drug-likeness (QED) is 0.358. The molecular formula is C23H24ClN5O2S. The van der Waals surface area contributed by atoms with E-state index in [2.05, 4.69) is 27.4 Å². The molecule has 0 unspecified atom stereocenters. The molecule has 0 saturated heterocycles. The van der Waals surface area contributed by atoms with Gasteiger partial charge in [-0.05, 0) is 43.2 Å². The standard InChI is InChI=1S/C23H24ClN5O2S/c1-4-11-29-20(13-25-22(31)17-7-5-6-8-18(17)24)27-28-23(29)32-14-21(30)26-19-12-15(2)9-10-16(19)3/h4-10,12H,1,11,13-14H2,2-3H3,(H,25,31)(H,26,30). The Morgan fingerprint density at radius 2 is 1.97 bits per heavy atom. The van der Waals surface area contributed by atoms with Gasteiger partial charge in [0.15, 0.2) is 11.0 Å². The number of aromatic nitrogens is 3. The smallest absolute Gasteiger partial charge is 0.253 e. The van der Waals surface area contributed by atoms with E-state index in [9.17, 15) is 9.59 Å². The lowest BCUT2D eigenvalue weighted by Gasteiger charge is -2.10. The zero-order chi connectivity index (χ0) is 23.1. The van der Waals surface area contributed by atoms with Gasteiger partial charge in [0.2, 0.25) is 5.91 Å². The van der Waals surface area contributed by atoms with Crippen LogP contribution in [0.4, 0.5) is 5.69 Å². The van der Waals surface area contributed by atoms with Crippen LogP contribution in [0.5, 0.6) is 0 Å². The molecule has 0 fully saturated rings. The number of hydrogen-bond donors (Lipinski definition) is 2. The van der Waals surface area contributed by atoms with Crippen LogP contribution in [0.15, 0.2) is 60.3 Å². The number of benzene rings is 2. The summed E-state index contributed by atoms with van der Waals surface area (Å²) in [7, 11) is 0. The number of carbonyl (C=O) groups is 2. The Hall–Kier alpha value is -3.10. The second-order valence-corrected chi connectivity index (χ2v) is 8.47. The van der Waals surface area contributed by atoms with Gasteiger partial charge in [0.1, 0.15) is 0 Å². The van der Waals surface area contributed by atoms with Crippen LogP contribution in [-0.4, -0.2) is 32.3 Å².